The van der Waals surface area contributed by atoms with Gasteiger partial charge >= 0.3 is 0 Å². The molecule has 0 saturated carbocycles. The first-order valence-corrected chi connectivity index (χ1v) is 4.81. The van der Waals surface area contributed by atoms with Gasteiger partial charge in [-0.3, -0.25) is 4.79 Å². The third kappa shape index (κ3) is 4.34. The zero-order valence-electron chi connectivity index (χ0n) is 9.06. The quantitative estimate of drug-likeness (QED) is 0.704. The average molecular weight is 239 g/mol. The van der Waals surface area contributed by atoms with Crippen LogP contribution < -0.4 is 11.1 Å². The van der Waals surface area contributed by atoms with Crippen molar-refractivity contribution in [2.75, 3.05) is 20.3 Å². The number of nitrogens with two attached hydrogens (primary N) is 1. The average Bonchev–Trinajstić information content (AvgIpc) is 2.52. The summed E-state index contributed by atoms with van der Waals surface area (Å²) in [6.45, 7) is 2.89. The maximum Gasteiger partial charge on any atom is 0.239 e. The second-order valence-corrected chi connectivity index (χ2v) is 3.54. The Balaban J connectivity index is 0.00000196. The van der Waals surface area contributed by atoms with Crippen LogP contribution in [0.1, 0.15) is 13.3 Å². The van der Waals surface area contributed by atoms with E-state index in [0.29, 0.717) is 6.61 Å². The van der Waals surface area contributed by atoms with Gasteiger partial charge in [-0.2, -0.15) is 0 Å². The molecular formula is C9H19ClN2O3. The molecule has 6 heteroatoms. The van der Waals surface area contributed by atoms with Crippen LogP contribution in [-0.2, 0) is 14.3 Å². The fourth-order valence-electron chi connectivity index (χ4n) is 1.47. The molecule has 1 aliphatic rings. The largest absolute Gasteiger partial charge is 0.383 e. The number of nitrogens with one attached hydrogen (secondary N) is 1. The first kappa shape index (κ1) is 14.6. The van der Waals surface area contributed by atoms with Crippen LogP contribution >= 0.6 is 12.4 Å². The number of hydrogen-bond donors (Lipinski definition) is 2. The molecule has 0 aromatic heterocycles. The SMILES string of the molecule is COCC(N)C(=O)NC1CCOC1C.Cl. The highest BCUT2D eigenvalue weighted by molar-refractivity contribution is 5.85. The van der Waals surface area contributed by atoms with Crippen molar-refractivity contribution in [2.24, 2.45) is 5.73 Å². The third-order valence-electron chi connectivity index (χ3n) is 2.39. The van der Waals surface area contributed by atoms with Crippen molar-refractivity contribution < 1.29 is 14.3 Å². The minimum absolute atomic E-state index is 0. The van der Waals surface area contributed by atoms with E-state index in [1.807, 2.05) is 6.92 Å². The number of carbonyl (C=O) groups excluding carboxylic acids is 1. The fraction of sp³-hybridized carbons (Fsp3) is 0.889. The van der Waals surface area contributed by atoms with Crippen LogP contribution in [0.2, 0.25) is 0 Å². The maximum absolute atomic E-state index is 11.5. The summed E-state index contributed by atoms with van der Waals surface area (Å²) in [5.74, 6) is -0.172. The van der Waals surface area contributed by atoms with Gasteiger partial charge in [-0.05, 0) is 13.3 Å². The van der Waals surface area contributed by atoms with Gasteiger partial charge < -0.3 is 20.5 Å². The summed E-state index contributed by atoms with van der Waals surface area (Å²) in [5, 5.41) is 2.84. The summed E-state index contributed by atoms with van der Waals surface area (Å²) in [6.07, 6.45) is 0.931. The minimum atomic E-state index is -0.590. The Kier molecular flexibility index (Phi) is 6.84. The summed E-state index contributed by atoms with van der Waals surface area (Å²) < 4.78 is 10.1. The van der Waals surface area contributed by atoms with Crippen LogP contribution in [0.25, 0.3) is 0 Å². The van der Waals surface area contributed by atoms with E-state index in [9.17, 15) is 4.79 Å². The van der Waals surface area contributed by atoms with Gasteiger partial charge in [0.2, 0.25) is 5.91 Å². The van der Waals surface area contributed by atoms with Gasteiger partial charge in [0, 0.05) is 13.7 Å². The number of carbonyl (C=O) groups is 1. The van der Waals surface area contributed by atoms with Crippen molar-refractivity contribution >= 4 is 18.3 Å². The first-order valence-electron chi connectivity index (χ1n) is 4.81. The smallest absolute Gasteiger partial charge is 0.239 e. The molecule has 0 aromatic rings. The minimum Gasteiger partial charge on any atom is -0.383 e. The highest BCUT2D eigenvalue weighted by Crippen LogP contribution is 2.12. The van der Waals surface area contributed by atoms with E-state index in [1.54, 1.807) is 0 Å². The van der Waals surface area contributed by atoms with Crippen molar-refractivity contribution in [3.8, 4) is 0 Å². The normalized spacial score (nSPS) is 26.9. The highest BCUT2D eigenvalue weighted by Gasteiger charge is 2.27. The van der Waals surface area contributed by atoms with Gasteiger partial charge in [0.15, 0.2) is 0 Å². The van der Waals surface area contributed by atoms with E-state index in [4.69, 9.17) is 15.2 Å². The molecular weight excluding hydrogens is 220 g/mol. The van der Waals surface area contributed by atoms with Crippen LogP contribution in [-0.4, -0.2) is 44.4 Å². The summed E-state index contributed by atoms with van der Waals surface area (Å²) >= 11 is 0. The molecule has 1 amide bonds. The zero-order valence-corrected chi connectivity index (χ0v) is 9.88. The van der Waals surface area contributed by atoms with Crippen molar-refractivity contribution in [1.82, 2.24) is 5.32 Å². The van der Waals surface area contributed by atoms with E-state index >= 15 is 0 Å². The van der Waals surface area contributed by atoms with Gasteiger partial charge in [0.25, 0.3) is 0 Å². The van der Waals surface area contributed by atoms with Gasteiger partial charge in [0.1, 0.15) is 6.04 Å². The zero-order chi connectivity index (χ0) is 10.6. The van der Waals surface area contributed by atoms with Crippen molar-refractivity contribution in [1.29, 1.82) is 0 Å². The fourth-order valence-corrected chi connectivity index (χ4v) is 1.47. The molecule has 3 atom stereocenters. The molecule has 1 heterocycles. The molecule has 1 saturated heterocycles. The summed E-state index contributed by atoms with van der Waals surface area (Å²) in [4.78, 5) is 11.5. The van der Waals surface area contributed by atoms with E-state index in [2.05, 4.69) is 5.32 Å². The first-order chi connectivity index (χ1) is 6.65. The Morgan fingerprint density at radius 2 is 2.40 bits per heavy atom. The lowest BCUT2D eigenvalue weighted by atomic mass is 10.1. The molecule has 3 N–H and O–H groups in total. The molecule has 0 aromatic carbocycles. The van der Waals surface area contributed by atoms with Crippen LogP contribution in [0.4, 0.5) is 0 Å². The molecule has 90 valence electrons. The molecule has 15 heavy (non-hydrogen) atoms. The van der Waals surface area contributed by atoms with Gasteiger partial charge in [-0.25, -0.2) is 0 Å². The number of amides is 1. The Hall–Kier alpha value is -0.360. The number of rotatable bonds is 4. The van der Waals surface area contributed by atoms with E-state index < -0.39 is 6.04 Å². The van der Waals surface area contributed by atoms with E-state index in [0.717, 1.165) is 6.42 Å². The number of ether oxygens (including phenoxy) is 2. The van der Waals surface area contributed by atoms with E-state index in [-0.39, 0.29) is 37.1 Å². The number of halogens is 1. The Morgan fingerprint density at radius 1 is 1.73 bits per heavy atom. The molecule has 3 unspecified atom stereocenters. The second-order valence-electron chi connectivity index (χ2n) is 3.54. The predicted molar refractivity (Wildman–Crippen MR) is 59.1 cm³/mol. The number of methoxy groups -OCH3 is 1. The predicted octanol–water partition coefficient (Wildman–Crippen LogP) is -0.324. The molecule has 0 radical (unpaired) electrons. The molecule has 0 spiro atoms. The molecule has 1 fully saturated rings. The van der Waals surface area contributed by atoms with Crippen LogP contribution in [0.3, 0.4) is 0 Å². The Bertz CT molecular complexity index is 204. The lowest BCUT2D eigenvalue weighted by molar-refractivity contribution is -0.124. The number of hydrogen-bond acceptors (Lipinski definition) is 4. The highest BCUT2D eigenvalue weighted by atomic mass is 35.5. The summed E-state index contributed by atoms with van der Waals surface area (Å²) in [7, 11) is 1.52. The van der Waals surface area contributed by atoms with Crippen molar-refractivity contribution in [2.45, 2.75) is 31.5 Å². The Labute approximate surface area is 96.1 Å². The van der Waals surface area contributed by atoms with Crippen molar-refractivity contribution in [3.63, 3.8) is 0 Å². The Morgan fingerprint density at radius 3 is 2.87 bits per heavy atom. The standard InChI is InChI=1S/C9H18N2O3.ClH/c1-6-8(3-4-14-6)11-9(12)7(10)5-13-2;/h6-8H,3-5,10H2,1-2H3,(H,11,12);1H. The van der Waals surface area contributed by atoms with Crippen LogP contribution in [0.15, 0.2) is 0 Å². The maximum atomic E-state index is 11.5. The van der Waals surface area contributed by atoms with Crippen LogP contribution in [0.5, 0.6) is 0 Å². The molecule has 1 rings (SSSR count). The summed E-state index contributed by atoms with van der Waals surface area (Å²) in [6, 6.07) is -0.502. The molecule has 0 bridgehead atoms. The van der Waals surface area contributed by atoms with E-state index in [1.165, 1.54) is 7.11 Å². The van der Waals surface area contributed by atoms with Crippen molar-refractivity contribution in [3.05, 3.63) is 0 Å². The monoisotopic (exact) mass is 238 g/mol. The second kappa shape index (κ2) is 7.00. The lowest BCUT2D eigenvalue weighted by Gasteiger charge is -2.18. The van der Waals surface area contributed by atoms with Gasteiger partial charge in [0.05, 0.1) is 18.8 Å². The topological polar surface area (TPSA) is 73.6 Å². The molecule has 0 aliphatic carbocycles. The molecule has 5 nitrogen and oxygen atoms in total. The van der Waals surface area contributed by atoms with Gasteiger partial charge in [-0.1, -0.05) is 0 Å². The molecule has 1 aliphatic heterocycles. The summed E-state index contributed by atoms with van der Waals surface area (Å²) in [5.41, 5.74) is 5.57. The lowest BCUT2D eigenvalue weighted by Crippen LogP contribution is -2.49. The van der Waals surface area contributed by atoms with Gasteiger partial charge in [-0.15, -0.1) is 12.4 Å². The third-order valence-corrected chi connectivity index (χ3v) is 2.39. The van der Waals surface area contributed by atoms with Crippen LogP contribution in [0, 0.1) is 0 Å².